The van der Waals surface area contributed by atoms with Crippen molar-refractivity contribution in [2.75, 3.05) is 13.7 Å². The maximum atomic E-state index is 12.1. The molecule has 0 atom stereocenters. The number of methoxy groups -OCH3 is 1. The summed E-state index contributed by atoms with van der Waals surface area (Å²) in [5, 5.41) is 0. The molecule has 2 nitrogen and oxygen atoms in total. The molecular weight excluding hydrogens is 176 g/mol. The fraction of sp³-hybridized carbons (Fsp3) is 0.917. The molecule has 0 aromatic carbocycles. The summed E-state index contributed by atoms with van der Waals surface area (Å²) >= 11 is 0. The van der Waals surface area contributed by atoms with Gasteiger partial charge in [0.15, 0.2) is 0 Å². The molecule has 0 saturated heterocycles. The van der Waals surface area contributed by atoms with Crippen LogP contribution in [0.3, 0.4) is 0 Å². The summed E-state index contributed by atoms with van der Waals surface area (Å²) in [4.78, 5) is 12.1. The number of hydrogen-bond donors (Lipinski definition) is 0. The topological polar surface area (TPSA) is 26.3 Å². The molecule has 0 bridgehead atoms. The van der Waals surface area contributed by atoms with Crippen molar-refractivity contribution in [2.45, 2.75) is 46.0 Å². The summed E-state index contributed by atoms with van der Waals surface area (Å²) < 4.78 is 5.24. The molecule has 2 heteroatoms. The van der Waals surface area contributed by atoms with E-state index in [4.69, 9.17) is 4.74 Å². The zero-order valence-electron chi connectivity index (χ0n) is 9.64. The van der Waals surface area contributed by atoms with Crippen LogP contribution >= 0.6 is 0 Å². The second-order valence-corrected chi connectivity index (χ2v) is 4.79. The zero-order chi connectivity index (χ0) is 10.6. The lowest BCUT2D eigenvalue weighted by atomic mass is 9.69. The number of ketones is 1. The Bertz CT molecular complexity index is 185. The van der Waals surface area contributed by atoms with E-state index < -0.39 is 0 Å². The van der Waals surface area contributed by atoms with Crippen molar-refractivity contribution in [3.63, 3.8) is 0 Å². The number of carbonyl (C=O) groups is 1. The van der Waals surface area contributed by atoms with Crippen LogP contribution in [-0.4, -0.2) is 19.5 Å². The Balaban J connectivity index is 2.74. The third-order valence-electron chi connectivity index (χ3n) is 3.28. The molecule has 0 aliphatic heterocycles. The summed E-state index contributed by atoms with van der Waals surface area (Å²) in [5.41, 5.74) is -0.152. The highest BCUT2D eigenvalue weighted by molar-refractivity contribution is 5.86. The first-order chi connectivity index (χ1) is 6.62. The van der Waals surface area contributed by atoms with Gasteiger partial charge in [0.25, 0.3) is 0 Å². The van der Waals surface area contributed by atoms with E-state index in [2.05, 4.69) is 0 Å². The Morgan fingerprint density at radius 3 is 2.29 bits per heavy atom. The van der Waals surface area contributed by atoms with Crippen molar-refractivity contribution in [3.05, 3.63) is 0 Å². The van der Waals surface area contributed by atoms with E-state index in [0.29, 0.717) is 12.4 Å². The molecule has 1 aliphatic carbocycles. The monoisotopic (exact) mass is 198 g/mol. The van der Waals surface area contributed by atoms with Gasteiger partial charge in [0.2, 0.25) is 0 Å². The smallest absolute Gasteiger partial charge is 0.143 e. The van der Waals surface area contributed by atoms with Crippen LogP contribution in [0.4, 0.5) is 0 Å². The molecule has 14 heavy (non-hydrogen) atoms. The van der Waals surface area contributed by atoms with Crippen molar-refractivity contribution >= 4 is 5.78 Å². The van der Waals surface area contributed by atoms with Crippen molar-refractivity contribution < 1.29 is 9.53 Å². The van der Waals surface area contributed by atoms with E-state index in [9.17, 15) is 4.79 Å². The molecule has 0 unspecified atom stereocenters. The SMILES string of the molecule is COCC1(C(=O)C(C)C)CCCCC1. The van der Waals surface area contributed by atoms with E-state index in [1.54, 1.807) is 7.11 Å². The van der Waals surface area contributed by atoms with Gasteiger partial charge in [-0.2, -0.15) is 0 Å². The van der Waals surface area contributed by atoms with Gasteiger partial charge in [0.05, 0.1) is 12.0 Å². The summed E-state index contributed by atoms with van der Waals surface area (Å²) in [6.45, 7) is 4.60. The Morgan fingerprint density at radius 2 is 1.86 bits per heavy atom. The van der Waals surface area contributed by atoms with Crippen molar-refractivity contribution in [3.8, 4) is 0 Å². The first kappa shape index (κ1) is 11.7. The summed E-state index contributed by atoms with van der Waals surface area (Å²) in [7, 11) is 1.70. The van der Waals surface area contributed by atoms with Crippen molar-refractivity contribution in [2.24, 2.45) is 11.3 Å². The van der Waals surface area contributed by atoms with Gasteiger partial charge in [-0.25, -0.2) is 0 Å². The van der Waals surface area contributed by atoms with Crippen LogP contribution in [0.5, 0.6) is 0 Å². The normalized spacial score (nSPS) is 21.1. The fourth-order valence-corrected chi connectivity index (χ4v) is 2.58. The molecular formula is C12H22O2. The fourth-order valence-electron chi connectivity index (χ4n) is 2.58. The van der Waals surface area contributed by atoms with Crippen LogP contribution in [0.15, 0.2) is 0 Å². The lowest BCUT2D eigenvalue weighted by Gasteiger charge is -2.36. The summed E-state index contributed by atoms with van der Waals surface area (Å²) in [6, 6.07) is 0. The van der Waals surface area contributed by atoms with Crippen LogP contribution in [-0.2, 0) is 9.53 Å². The molecule has 1 aliphatic rings. The van der Waals surface area contributed by atoms with Gasteiger partial charge in [-0.05, 0) is 12.8 Å². The Labute approximate surface area is 87.0 Å². The van der Waals surface area contributed by atoms with Crippen LogP contribution in [0.2, 0.25) is 0 Å². The van der Waals surface area contributed by atoms with Gasteiger partial charge in [-0.3, -0.25) is 4.79 Å². The standard InChI is InChI=1S/C12H22O2/c1-10(2)11(13)12(9-14-3)7-5-4-6-8-12/h10H,4-9H2,1-3H3. The van der Waals surface area contributed by atoms with E-state index in [0.717, 1.165) is 12.8 Å². The molecule has 0 N–H and O–H groups in total. The third kappa shape index (κ3) is 2.35. The number of hydrogen-bond acceptors (Lipinski definition) is 2. The first-order valence-corrected chi connectivity index (χ1v) is 5.66. The van der Waals surface area contributed by atoms with Gasteiger partial charge >= 0.3 is 0 Å². The molecule has 1 saturated carbocycles. The second-order valence-electron chi connectivity index (χ2n) is 4.79. The molecule has 0 heterocycles. The summed E-state index contributed by atoms with van der Waals surface area (Å²) in [5.74, 6) is 0.544. The average molecular weight is 198 g/mol. The minimum atomic E-state index is -0.152. The molecule has 0 aromatic heterocycles. The molecule has 82 valence electrons. The molecule has 0 radical (unpaired) electrons. The maximum Gasteiger partial charge on any atom is 0.143 e. The minimum absolute atomic E-state index is 0.142. The molecule has 0 amide bonds. The van der Waals surface area contributed by atoms with Gasteiger partial charge in [0.1, 0.15) is 5.78 Å². The number of carbonyl (C=O) groups excluding carboxylic acids is 1. The number of rotatable bonds is 4. The van der Waals surface area contributed by atoms with E-state index in [1.165, 1.54) is 19.3 Å². The Morgan fingerprint density at radius 1 is 1.29 bits per heavy atom. The summed E-state index contributed by atoms with van der Waals surface area (Å²) in [6.07, 6.45) is 5.69. The molecule has 0 aromatic rings. The first-order valence-electron chi connectivity index (χ1n) is 5.66. The quantitative estimate of drug-likeness (QED) is 0.694. The Kier molecular flexibility index (Phi) is 4.11. The number of Topliss-reactive ketones (excluding diaryl/α,β-unsaturated/α-hetero) is 1. The van der Waals surface area contributed by atoms with Gasteiger partial charge in [-0.15, -0.1) is 0 Å². The van der Waals surface area contributed by atoms with Crippen LogP contribution < -0.4 is 0 Å². The van der Waals surface area contributed by atoms with Crippen LogP contribution in [0, 0.1) is 11.3 Å². The van der Waals surface area contributed by atoms with Gasteiger partial charge < -0.3 is 4.74 Å². The largest absolute Gasteiger partial charge is 0.384 e. The highest BCUT2D eigenvalue weighted by Gasteiger charge is 2.40. The minimum Gasteiger partial charge on any atom is -0.384 e. The van der Waals surface area contributed by atoms with Crippen LogP contribution in [0.1, 0.15) is 46.0 Å². The molecule has 0 spiro atoms. The second kappa shape index (κ2) is 4.92. The van der Waals surface area contributed by atoms with Gasteiger partial charge in [-0.1, -0.05) is 33.1 Å². The number of ether oxygens (including phenoxy) is 1. The van der Waals surface area contributed by atoms with Gasteiger partial charge in [0, 0.05) is 13.0 Å². The van der Waals surface area contributed by atoms with Crippen LogP contribution in [0.25, 0.3) is 0 Å². The lowest BCUT2D eigenvalue weighted by Crippen LogP contribution is -2.40. The van der Waals surface area contributed by atoms with E-state index >= 15 is 0 Å². The van der Waals surface area contributed by atoms with Crippen molar-refractivity contribution in [1.82, 2.24) is 0 Å². The van der Waals surface area contributed by atoms with E-state index in [1.807, 2.05) is 13.8 Å². The molecule has 1 rings (SSSR count). The molecule has 1 fully saturated rings. The maximum absolute atomic E-state index is 12.1. The predicted octanol–water partition coefficient (Wildman–Crippen LogP) is 2.81. The zero-order valence-corrected chi connectivity index (χ0v) is 9.64. The average Bonchev–Trinajstić information content (AvgIpc) is 2.18. The van der Waals surface area contributed by atoms with Crippen molar-refractivity contribution in [1.29, 1.82) is 0 Å². The third-order valence-corrected chi connectivity index (χ3v) is 3.28. The van der Waals surface area contributed by atoms with E-state index in [-0.39, 0.29) is 11.3 Å². The lowest BCUT2D eigenvalue weighted by molar-refractivity contribution is -0.137. The highest BCUT2D eigenvalue weighted by Crippen LogP contribution is 2.39. The Hall–Kier alpha value is -0.370. The highest BCUT2D eigenvalue weighted by atomic mass is 16.5. The predicted molar refractivity (Wildman–Crippen MR) is 57.2 cm³/mol.